The minimum absolute atomic E-state index is 0.134. The second-order valence-electron chi connectivity index (χ2n) is 3.47. The van der Waals surface area contributed by atoms with Crippen LogP contribution < -0.4 is 5.73 Å². The van der Waals surface area contributed by atoms with Crippen LogP contribution >= 0.6 is 0 Å². The molecule has 16 heavy (non-hydrogen) atoms. The molecule has 0 spiro atoms. The van der Waals surface area contributed by atoms with Crippen LogP contribution in [-0.4, -0.2) is 53.7 Å². The van der Waals surface area contributed by atoms with Crippen molar-refractivity contribution in [3.63, 3.8) is 0 Å². The largest absolute Gasteiger partial charge is 0.434 e. The smallest absolute Gasteiger partial charge is 0.405 e. The number of hydrogen-bond donors (Lipinski definition) is 2. The Bertz CT molecular complexity index is 298. The van der Waals surface area contributed by atoms with Gasteiger partial charge in [-0.25, -0.2) is 13.6 Å². The third-order valence-electron chi connectivity index (χ3n) is 2.18. The van der Waals surface area contributed by atoms with E-state index in [1.165, 1.54) is 0 Å². The normalized spacial score (nSPS) is 20.6. The summed E-state index contributed by atoms with van der Waals surface area (Å²) in [6, 6.07) is 0. The first-order valence-corrected chi connectivity index (χ1v) is 4.59. The third-order valence-corrected chi connectivity index (χ3v) is 2.18. The molecule has 0 aromatic carbocycles. The van der Waals surface area contributed by atoms with E-state index in [-0.39, 0.29) is 6.54 Å². The van der Waals surface area contributed by atoms with Crippen molar-refractivity contribution in [1.29, 1.82) is 0 Å². The maximum absolute atomic E-state index is 12.8. The molecule has 8 heteroatoms. The third kappa shape index (κ3) is 3.02. The van der Waals surface area contributed by atoms with Gasteiger partial charge in [0.2, 0.25) is 6.10 Å². The fourth-order valence-electron chi connectivity index (χ4n) is 1.43. The van der Waals surface area contributed by atoms with Crippen molar-refractivity contribution in [2.45, 2.75) is 18.4 Å². The van der Waals surface area contributed by atoms with Crippen LogP contribution in [0.5, 0.6) is 0 Å². The summed E-state index contributed by atoms with van der Waals surface area (Å²) in [6.45, 7) is -1.65. The molecule has 0 radical (unpaired) electrons. The van der Waals surface area contributed by atoms with Crippen LogP contribution in [0.1, 0.15) is 6.42 Å². The number of aliphatic hydroxyl groups excluding tert-OH is 1. The van der Waals surface area contributed by atoms with E-state index in [4.69, 9.17) is 5.11 Å². The van der Waals surface area contributed by atoms with Crippen molar-refractivity contribution in [2.75, 3.05) is 19.7 Å². The minimum atomic E-state index is -2.93. The SMILES string of the molecule is NC(=O)O[C@@H](CO)C(=O)N1CCC(F)(F)C1. The highest BCUT2D eigenvalue weighted by Gasteiger charge is 2.42. The van der Waals surface area contributed by atoms with E-state index in [2.05, 4.69) is 10.5 Å². The molecule has 1 atom stereocenters. The maximum atomic E-state index is 12.8. The molecule has 0 aromatic rings. The number of carbonyl (C=O) groups is 2. The summed E-state index contributed by atoms with van der Waals surface area (Å²) in [5, 5.41) is 8.77. The van der Waals surface area contributed by atoms with Crippen molar-refractivity contribution in [3.8, 4) is 0 Å². The predicted molar refractivity (Wildman–Crippen MR) is 47.7 cm³/mol. The summed E-state index contributed by atoms with van der Waals surface area (Å²) in [5.41, 5.74) is 4.67. The molecule has 1 heterocycles. The highest BCUT2D eigenvalue weighted by molar-refractivity contribution is 5.83. The predicted octanol–water partition coefficient (Wildman–Crippen LogP) is -0.690. The first-order valence-electron chi connectivity index (χ1n) is 4.59. The lowest BCUT2D eigenvalue weighted by molar-refractivity contribution is -0.142. The molecule has 0 aliphatic carbocycles. The molecule has 0 saturated carbocycles. The molecule has 1 aliphatic rings. The van der Waals surface area contributed by atoms with Gasteiger partial charge in [-0.15, -0.1) is 0 Å². The molecule has 1 fully saturated rings. The molecule has 0 bridgehead atoms. The van der Waals surface area contributed by atoms with Crippen molar-refractivity contribution in [2.24, 2.45) is 5.73 Å². The highest BCUT2D eigenvalue weighted by atomic mass is 19.3. The standard InChI is InChI=1S/C8H12F2N2O4/c9-8(10)1-2-12(4-8)6(14)5(3-13)16-7(11)15/h5,13H,1-4H2,(H2,11,15)/t5-/m0/s1. The van der Waals surface area contributed by atoms with Gasteiger partial charge in [-0.3, -0.25) is 4.79 Å². The zero-order valence-corrected chi connectivity index (χ0v) is 8.36. The van der Waals surface area contributed by atoms with Crippen molar-refractivity contribution in [1.82, 2.24) is 4.90 Å². The number of primary amides is 1. The lowest BCUT2D eigenvalue weighted by atomic mass is 10.3. The summed E-state index contributed by atoms with van der Waals surface area (Å²) in [6.07, 6.45) is -3.18. The van der Waals surface area contributed by atoms with Gasteiger partial charge in [-0.05, 0) is 0 Å². The van der Waals surface area contributed by atoms with Crippen LogP contribution in [0.25, 0.3) is 0 Å². The summed E-state index contributed by atoms with van der Waals surface area (Å²) in [7, 11) is 0. The van der Waals surface area contributed by atoms with Crippen LogP contribution in [0.2, 0.25) is 0 Å². The van der Waals surface area contributed by atoms with E-state index in [9.17, 15) is 18.4 Å². The molecule has 1 rings (SSSR count). The molecule has 1 aliphatic heterocycles. The van der Waals surface area contributed by atoms with Gasteiger partial charge in [0.05, 0.1) is 13.2 Å². The summed E-state index contributed by atoms with van der Waals surface area (Å²) >= 11 is 0. The summed E-state index contributed by atoms with van der Waals surface area (Å²) in [5.74, 6) is -3.79. The first-order chi connectivity index (χ1) is 7.35. The number of alkyl halides is 2. The number of halogens is 2. The van der Waals surface area contributed by atoms with E-state index >= 15 is 0 Å². The molecule has 3 N–H and O–H groups in total. The summed E-state index contributed by atoms with van der Waals surface area (Å²) < 4.78 is 29.9. The van der Waals surface area contributed by atoms with Crippen molar-refractivity contribution >= 4 is 12.0 Å². The van der Waals surface area contributed by atoms with E-state index in [1.54, 1.807) is 0 Å². The Morgan fingerprint density at radius 1 is 1.56 bits per heavy atom. The molecule has 0 unspecified atom stereocenters. The van der Waals surface area contributed by atoms with Crippen LogP contribution in [0.15, 0.2) is 0 Å². The van der Waals surface area contributed by atoms with Gasteiger partial charge in [0.15, 0.2) is 0 Å². The number of likely N-dealkylation sites (tertiary alicyclic amines) is 1. The average Bonchev–Trinajstić information content (AvgIpc) is 2.54. The number of aliphatic hydroxyl groups is 1. The Balaban J connectivity index is 2.59. The van der Waals surface area contributed by atoms with E-state index in [0.717, 1.165) is 4.90 Å². The zero-order valence-electron chi connectivity index (χ0n) is 8.36. The first kappa shape index (κ1) is 12.6. The van der Waals surface area contributed by atoms with Gasteiger partial charge in [-0.1, -0.05) is 0 Å². The lowest BCUT2D eigenvalue weighted by Gasteiger charge is -2.21. The molecular weight excluding hydrogens is 226 g/mol. The monoisotopic (exact) mass is 238 g/mol. The van der Waals surface area contributed by atoms with E-state index in [0.29, 0.717) is 0 Å². The second-order valence-corrected chi connectivity index (χ2v) is 3.47. The van der Waals surface area contributed by atoms with Crippen LogP contribution in [0, 0.1) is 0 Å². The number of carbonyl (C=O) groups excluding carboxylic acids is 2. The quantitative estimate of drug-likeness (QED) is 0.680. The van der Waals surface area contributed by atoms with Gasteiger partial charge < -0.3 is 20.5 Å². The number of nitrogens with two attached hydrogens (primary N) is 1. The molecule has 2 amide bonds. The number of hydrogen-bond acceptors (Lipinski definition) is 4. The fourth-order valence-corrected chi connectivity index (χ4v) is 1.43. The second kappa shape index (κ2) is 4.60. The van der Waals surface area contributed by atoms with Crippen molar-refractivity contribution < 1.29 is 28.2 Å². The topological polar surface area (TPSA) is 92.9 Å². The molecule has 1 saturated heterocycles. The highest BCUT2D eigenvalue weighted by Crippen LogP contribution is 2.27. The van der Waals surface area contributed by atoms with Gasteiger partial charge >= 0.3 is 6.09 Å². The van der Waals surface area contributed by atoms with E-state index in [1.807, 2.05) is 0 Å². The van der Waals surface area contributed by atoms with Gasteiger partial charge in [-0.2, -0.15) is 0 Å². The van der Waals surface area contributed by atoms with Crippen LogP contribution in [0.4, 0.5) is 13.6 Å². The molecule has 0 aromatic heterocycles. The number of ether oxygens (including phenoxy) is 1. The number of nitrogens with zero attached hydrogens (tertiary/aromatic N) is 1. The van der Waals surface area contributed by atoms with Crippen LogP contribution in [0.3, 0.4) is 0 Å². The number of amides is 2. The minimum Gasteiger partial charge on any atom is -0.434 e. The Hall–Kier alpha value is -1.44. The molecular formula is C8H12F2N2O4. The fraction of sp³-hybridized carbons (Fsp3) is 0.750. The lowest BCUT2D eigenvalue weighted by Crippen LogP contribution is -2.43. The average molecular weight is 238 g/mol. The Kier molecular flexibility index (Phi) is 3.63. The number of rotatable bonds is 3. The molecule has 6 nitrogen and oxygen atoms in total. The van der Waals surface area contributed by atoms with Gasteiger partial charge in [0, 0.05) is 13.0 Å². The molecule has 92 valence electrons. The Morgan fingerprint density at radius 3 is 2.56 bits per heavy atom. The zero-order chi connectivity index (χ0) is 12.3. The van der Waals surface area contributed by atoms with Crippen LogP contribution in [-0.2, 0) is 9.53 Å². The Morgan fingerprint density at radius 2 is 2.19 bits per heavy atom. The van der Waals surface area contributed by atoms with Gasteiger partial charge in [0.1, 0.15) is 0 Å². The maximum Gasteiger partial charge on any atom is 0.405 e. The Labute approximate surface area is 89.9 Å². The van der Waals surface area contributed by atoms with Gasteiger partial charge in [0.25, 0.3) is 11.8 Å². The summed E-state index contributed by atoms with van der Waals surface area (Å²) in [4.78, 5) is 22.7. The van der Waals surface area contributed by atoms with Crippen molar-refractivity contribution in [3.05, 3.63) is 0 Å². The van der Waals surface area contributed by atoms with E-state index < -0.39 is 43.6 Å².